The lowest BCUT2D eigenvalue weighted by Gasteiger charge is -2.35. The van der Waals surface area contributed by atoms with Crippen molar-refractivity contribution in [3.8, 4) is 0 Å². The molecule has 1 aromatic carbocycles. The maximum absolute atomic E-state index is 12.3. The lowest BCUT2D eigenvalue weighted by Crippen LogP contribution is -2.43. The van der Waals surface area contributed by atoms with E-state index < -0.39 is 0 Å². The third kappa shape index (κ3) is 3.71. The zero-order valence-corrected chi connectivity index (χ0v) is 12.8. The van der Waals surface area contributed by atoms with Gasteiger partial charge in [0.05, 0.1) is 16.6 Å². The highest BCUT2D eigenvalue weighted by molar-refractivity contribution is 6.42. The third-order valence-electron chi connectivity index (χ3n) is 3.86. The van der Waals surface area contributed by atoms with E-state index in [1.54, 1.807) is 18.2 Å². The minimum Gasteiger partial charge on any atom is -0.293 e. The van der Waals surface area contributed by atoms with Gasteiger partial charge in [-0.2, -0.15) is 0 Å². The van der Waals surface area contributed by atoms with Gasteiger partial charge in [-0.25, -0.2) is 0 Å². The van der Waals surface area contributed by atoms with Crippen LogP contribution in [0, 0.1) is 5.92 Å². The van der Waals surface area contributed by atoms with Crippen molar-refractivity contribution in [2.24, 2.45) is 5.92 Å². The Morgan fingerprint density at radius 3 is 2.68 bits per heavy atom. The van der Waals surface area contributed by atoms with Crippen LogP contribution in [0.2, 0.25) is 10.0 Å². The molecule has 2 rings (SSSR count). The second-order valence-corrected chi connectivity index (χ2v) is 6.32. The summed E-state index contributed by atoms with van der Waals surface area (Å²) in [6.07, 6.45) is 2.33. The average molecular weight is 300 g/mol. The van der Waals surface area contributed by atoms with E-state index in [9.17, 15) is 4.79 Å². The highest BCUT2D eigenvalue weighted by Crippen LogP contribution is 2.25. The highest BCUT2D eigenvalue weighted by atomic mass is 35.5. The molecule has 1 aliphatic heterocycles. The minimum absolute atomic E-state index is 0.111. The van der Waals surface area contributed by atoms with Gasteiger partial charge in [0.1, 0.15) is 0 Å². The van der Waals surface area contributed by atoms with E-state index in [0.717, 1.165) is 18.9 Å². The Morgan fingerprint density at radius 1 is 1.32 bits per heavy atom. The molecule has 0 radical (unpaired) electrons. The molecule has 1 aromatic rings. The second-order valence-electron chi connectivity index (χ2n) is 5.50. The first-order chi connectivity index (χ1) is 8.97. The summed E-state index contributed by atoms with van der Waals surface area (Å²) in [6, 6.07) is 5.55. The summed E-state index contributed by atoms with van der Waals surface area (Å²) >= 11 is 11.8. The predicted octanol–water partition coefficient (Wildman–Crippen LogP) is 4.30. The number of Topliss-reactive ketones (excluding diaryl/α,β-unsaturated/α-hetero) is 1. The highest BCUT2D eigenvalue weighted by Gasteiger charge is 2.24. The topological polar surface area (TPSA) is 20.3 Å². The number of carbonyl (C=O) groups is 1. The number of rotatable bonds is 3. The first kappa shape index (κ1) is 14.8. The van der Waals surface area contributed by atoms with E-state index >= 15 is 0 Å². The lowest BCUT2D eigenvalue weighted by atomic mass is 9.93. The normalized spacial score (nSPS) is 24.4. The Kier molecular flexibility index (Phi) is 4.88. The molecule has 0 bridgehead atoms. The number of hydrogen-bond donors (Lipinski definition) is 0. The van der Waals surface area contributed by atoms with Crippen molar-refractivity contribution < 1.29 is 4.79 Å². The van der Waals surface area contributed by atoms with Crippen molar-refractivity contribution in [3.05, 3.63) is 33.8 Å². The molecule has 1 fully saturated rings. The lowest BCUT2D eigenvalue weighted by molar-refractivity contribution is 0.0816. The average Bonchev–Trinajstić information content (AvgIpc) is 2.36. The summed E-state index contributed by atoms with van der Waals surface area (Å²) in [4.78, 5) is 14.5. The van der Waals surface area contributed by atoms with E-state index in [1.165, 1.54) is 6.42 Å². The number of hydrogen-bond acceptors (Lipinski definition) is 2. The van der Waals surface area contributed by atoms with Crippen molar-refractivity contribution in [1.29, 1.82) is 0 Å². The van der Waals surface area contributed by atoms with Crippen LogP contribution in [0.1, 0.15) is 37.0 Å². The third-order valence-corrected chi connectivity index (χ3v) is 4.60. The van der Waals surface area contributed by atoms with Crippen molar-refractivity contribution >= 4 is 29.0 Å². The Bertz CT molecular complexity index is 475. The second kappa shape index (κ2) is 6.25. The van der Waals surface area contributed by atoms with E-state index in [4.69, 9.17) is 23.2 Å². The minimum atomic E-state index is 0.111. The van der Waals surface area contributed by atoms with Gasteiger partial charge < -0.3 is 0 Å². The van der Waals surface area contributed by atoms with Crippen LogP contribution in [0.5, 0.6) is 0 Å². The Labute approximate surface area is 124 Å². The monoisotopic (exact) mass is 299 g/mol. The molecule has 2 unspecified atom stereocenters. The Balaban J connectivity index is 2.02. The van der Waals surface area contributed by atoms with Crippen molar-refractivity contribution in [2.45, 2.75) is 32.7 Å². The fraction of sp³-hybridized carbons (Fsp3) is 0.533. The van der Waals surface area contributed by atoms with Gasteiger partial charge in [0, 0.05) is 11.6 Å². The number of nitrogens with zero attached hydrogens (tertiary/aromatic N) is 1. The summed E-state index contributed by atoms with van der Waals surface area (Å²) in [5.41, 5.74) is 0.639. The van der Waals surface area contributed by atoms with Crippen LogP contribution in [0.25, 0.3) is 0 Å². The summed E-state index contributed by atoms with van der Waals surface area (Å²) < 4.78 is 0. The molecular formula is C15H19Cl2NO. The molecule has 4 heteroatoms. The zero-order chi connectivity index (χ0) is 14.0. The van der Waals surface area contributed by atoms with Gasteiger partial charge in [0.2, 0.25) is 0 Å². The molecule has 1 aliphatic rings. The van der Waals surface area contributed by atoms with Crippen molar-refractivity contribution in [2.75, 3.05) is 13.1 Å². The molecule has 104 valence electrons. The molecule has 0 saturated carbocycles. The summed E-state index contributed by atoms with van der Waals surface area (Å²) in [6.45, 7) is 5.92. The van der Waals surface area contributed by atoms with Crippen LogP contribution in [-0.2, 0) is 0 Å². The first-order valence-corrected chi connectivity index (χ1v) is 7.45. The summed E-state index contributed by atoms with van der Waals surface area (Å²) in [5.74, 6) is 0.867. The molecule has 1 saturated heterocycles. The molecule has 0 spiro atoms. The Hall–Kier alpha value is -0.570. The van der Waals surface area contributed by atoms with Crippen LogP contribution in [-0.4, -0.2) is 29.8 Å². The van der Waals surface area contributed by atoms with E-state index in [0.29, 0.717) is 28.2 Å². The fourth-order valence-electron chi connectivity index (χ4n) is 2.64. The molecule has 1 heterocycles. The molecule has 2 nitrogen and oxygen atoms in total. The molecular weight excluding hydrogens is 281 g/mol. The maximum atomic E-state index is 12.3. The predicted molar refractivity (Wildman–Crippen MR) is 80.2 cm³/mol. The van der Waals surface area contributed by atoms with E-state index in [-0.39, 0.29) is 5.78 Å². The van der Waals surface area contributed by atoms with Gasteiger partial charge in [-0.1, -0.05) is 30.1 Å². The number of benzene rings is 1. The van der Waals surface area contributed by atoms with Gasteiger partial charge in [0.15, 0.2) is 5.78 Å². The summed E-state index contributed by atoms with van der Waals surface area (Å²) in [7, 11) is 0. The largest absolute Gasteiger partial charge is 0.293 e. The van der Waals surface area contributed by atoms with Gasteiger partial charge in [0.25, 0.3) is 0 Å². The maximum Gasteiger partial charge on any atom is 0.176 e. The quantitative estimate of drug-likeness (QED) is 0.776. The van der Waals surface area contributed by atoms with Gasteiger partial charge in [-0.05, 0) is 50.4 Å². The zero-order valence-electron chi connectivity index (χ0n) is 11.3. The molecule has 0 N–H and O–H groups in total. The molecule has 0 amide bonds. The molecule has 0 aromatic heterocycles. The van der Waals surface area contributed by atoms with Crippen molar-refractivity contribution in [1.82, 2.24) is 4.90 Å². The first-order valence-electron chi connectivity index (χ1n) is 6.69. The van der Waals surface area contributed by atoms with Gasteiger partial charge in [-0.15, -0.1) is 0 Å². The van der Waals surface area contributed by atoms with Crippen LogP contribution in [0.15, 0.2) is 18.2 Å². The number of likely N-dealkylation sites (tertiary alicyclic amines) is 1. The van der Waals surface area contributed by atoms with Gasteiger partial charge in [-0.3, -0.25) is 9.69 Å². The standard InChI is InChI=1S/C15H19Cl2NO/c1-10-5-6-18(11(2)7-10)9-15(19)12-3-4-13(16)14(17)8-12/h3-4,8,10-11H,5-7,9H2,1-2H3. The molecule has 0 aliphatic carbocycles. The number of halogens is 2. The van der Waals surface area contributed by atoms with Crippen LogP contribution >= 0.6 is 23.2 Å². The van der Waals surface area contributed by atoms with Gasteiger partial charge >= 0.3 is 0 Å². The van der Waals surface area contributed by atoms with E-state index in [1.807, 2.05) is 0 Å². The Morgan fingerprint density at radius 2 is 2.05 bits per heavy atom. The number of ketones is 1. The smallest absolute Gasteiger partial charge is 0.176 e. The van der Waals surface area contributed by atoms with Crippen molar-refractivity contribution in [3.63, 3.8) is 0 Å². The summed E-state index contributed by atoms with van der Waals surface area (Å²) in [5, 5.41) is 0.922. The number of carbonyl (C=O) groups excluding carboxylic acids is 1. The van der Waals surface area contributed by atoms with Crippen LogP contribution < -0.4 is 0 Å². The fourth-order valence-corrected chi connectivity index (χ4v) is 2.93. The molecule has 19 heavy (non-hydrogen) atoms. The molecule has 2 atom stereocenters. The van der Waals surface area contributed by atoms with Crippen LogP contribution in [0.3, 0.4) is 0 Å². The number of piperidine rings is 1. The van der Waals surface area contributed by atoms with Crippen LogP contribution in [0.4, 0.5) is 0 Å². The van der Waals surface area contributed by atoms with E-state index in [2.05, 4.69) is 18.7 Å². The SMILES string of the molecule is CC1CCN(CC(=O)c2ccc(Cl)c(Cl)c2)C(C)C1.